The summed E-state index contributed by atoms with van der Waals surface area (Å²) in [6.45, 7) is 0.452. The van der Waals surface area contributed by atoms with E-state index in [0.29, 0.717) is 17.1 Å². The Bertz CT molecular complexity index is 567. The number of ether oxygens (including phenoxy) is 1. The van der Waals surface area contributed by atoms with Crippen molar-refractivity contribution in [3.05, 3.63) is 64.7 Å². The van der Waals surface area contributed by atoms with Crippen molar-refractivity contribution in [3.8, 4) is 5.75 Å². The molecule has 2 aromatic rings. The SMILES string of the molecule is COc1ccc(CNC(=O)c2ccccc2Cl)cc1. The van der Waals surface area contributed by atoms with Gasteiger partial charge in [-0.3, -0.25) is 4.79 Å². The lowest BCUT2D eigenvalue weighted by Crippen LogP contribution is -2.23. The molecule has 0 fully saturated rings. The summed E-state index contributed by atoms with van der Waals surface area (Å²) in [4.78, 5) is 11.9. The normalized spacial score (nSPS) is 10.0. The summed E-state index contributed by atoms with van der Waals surface area (Å²) in [6, 6.07) is 14.5. The number of methoxy groups -OCH3 is 1. The third-order valence-corrected chi connectivity index (χ3v) is 3.06. The van der Waals surface area contributed by atoms with E-state index in [9.17, 15) is 4.79 Å². The second kappa shape index (κ2) is 6.25. The van der Waals surface area contributed by atoms with Crippen molar-refractivity contribution >= 4 is 17.5 Å². The number of carbonyl (C=O) groups is 1. The average molecular weight is 276 g/mol. The first-order valence-electron chi connectivity index (χ1n) is 5.86. The number of amides is 1. The molecule has 0 heterocycles. The quantitative estimate of drug-likeness (QED) is 0.930. The molecule has 4 heteroatoms. The van der Waals surface area contributed by atoms with Crippen LogP contribution in [0, 0.1) is 0 Å². The highest BCUT2D eigenvalue weighted by Crippen LogP contribution is 2.15. The van der Waals surface area contributed by atoms with E-state index in [0.717, 1.165) is 11.3 Å². The summed E-state index contributed by atoms with van der Waals surface area (Å²) in [5.74, 6) is 0.614. The van der Waals surface area contributed by atoms with Crippen LogP contribution in [0.1, 0.15) is 15.9 Å². The maximum Gasteiger partial charge on any atom is 0.253 e. The molecule has 2 rings (SSSR count). The molecule has 0 spiro atoms. The topological polar surface area (TPSA) is 38.3 Å². The minimum Gasteiger partial charge on any atom is -0.497 e. The van der Waals surface area contributed by atoms with Crippen molar-refractivity contribution < 1.29 is 9.53 Å². The fourth-order valence-corrected chi connectivity index (χ4v) is 1.89. The lowest BCUT2D eigenvalue weighted by atomic mass is 10.2. The lowest BCUT2D eigenvalue weighted by Gasteiger charge is -2.07. The molecule has 2 aromatic carbocycles. The number of halogens is 1. The van der Waals surface area contributed by atoms with Crippen molar-refractivity contribution in [1.82, 2.24) is 5.32 Å². The maximum absolute atomic E-state index is 11.9. The summed E-state index contributed by atoms with van der Waals surface area (Å²) >= 11 is 5.96. The van der Waals surface area contributed by atoms with E-state index in [-0.39, 0.29) is 5.91 Å². The molecule has 1 amide bonds. The molecule has 19 heavy (non-hydrogen) atoms. The molecule has 0 atom stereocenters. The first-order chi connectivity index (χ1) is 9.20. The number of hydrogen-bond acceptors (Lipinski definition) is 2. The molecule has 0 radical (unpaired) electrons. The van der Waals surface area contributed by atoms with Gasteiger partial charge in [-0.15, -0.1) is 0 Å². The minimum atomic E-state index is -0.179. The number of carbonyl (C=O) groups excluding carboxylic acids is 1. The monoisotopic (exact) mass is 275 g/mol. The Morgan fingerprint density at radius 2 is 1.84 bits per heavy atom. The van der Waals surface area contributed by atoms with Gasteiger partial charge in [-0.1, -0.05) is 35.9 Å². The van der Waals surface area contributed by atoms with Crippen LogP contribution in [-0.2, 0) is 6.54 Å². The fraction of sp³-hybridized carbons (Fsp3) is 0.133. The molecule has 0 saturated carbocycles. The van der Waals surface area contributed by atoms with Crippen LogP contribution in [0.2, 0.25) is 5.02 Å². The number of hydrogen-bond donors (Lipinski definition) is 1. The van der Waals surface area contributed by atoms with E-state index in [1.807, 2.05) is 24.3 Å². The summed E-state index contributed by atoms with van der Waals surface area (Å²) < 4.78 is 5.08. The van der Waals surface area contributed by atoms with Gasteiger partial charge in [-0.25, -0.2) is 0 Å². The first kappa shape index (κ1) is 13.4. The van der Waals surface area contributed by atoms with Crippen LogP contribution in [-0.4, -0.2) is 13.0 Å². The van der Waals surface area contributed by atoms with Crippen LogP contribution >= 0.6 is 11.6 Å². The van der Waals surface area contributed by atoms with Gasteiger partial charge in [-0.2, -0.15) is 0 Å². The van der Waals surface area contributed by atoms with E-state index in [2.05, 4.69) is 5.32 Å². The molecule has 0 aliphatic carbocycles. The van der Waals surface area contributed by atoms with Gasteiger partial charge in [-0.05, 0) is 29.8 Å². The average Bonchev–Trinajstić information content (AvgIpc) is 2.46. The predicted octanol–water partition coefficient (Wildman–Crippen LogP) is 3.28. The molecule has 3 nitrogen and oxygen atoms in total. The van der Waals surface area contributed by atoms with Crippen LogP contribution in [0.4, 0.5) is 0 Å². The van der Waals surface area contributed by atoms with Gasteiger partial charge in [0, 0.05) is 6.54 Å². The minimum absolute atomic E-state index is 0.179. The third kappa shape index (κ3) is 3.48. The Hall–Kier alpha value is -2.00. The zero-order valence-corrected chi connectivity index (χ0v) is 11.3. The van der Waals surface area contributed by atoms with E-state index in [4.69, 9.17) is 16.3 Å². The van der Waals surface area contributed by atoms with E-state index in [1.165, 1.54) is 0 Å². The van der Waals surface area contributed by atoms with E-state index < -0.39 is 0 Å². The number of nitrogens with one attached hydrogen (secondary N) is 1. The Balaban J connectivity index is 1.98. The van der Waals surface area contributed by atoms with Crippen molar-refractivity contribution in [2.24, 2.45) is 0 Å². The van der Waals surface area contributed by atoms with Crippen LogP contribution in [0.25, 0.3) is 0 Å². The highest BCUT2D eigenvalue weighted by Gasteiger charge is 2.08. The Morgan fingerprint density at radius 1 is 1.16 bits per heavy atom. The fourth-order valence-electron chi connectivity index (χ4n) is 1.67. The zero-order chi connectivity index (χ0) is 13.7. The van der Waals surface area contributed by atoms with Crippen LogP contribution in [0.15, 0.2) is 48.5 Å². The molecule has 0 saturated heterocycles. The van der Waals surface area contributed by atoms with Gasteiger partial charge in [0.25, 0.3) is 5.91 Å². The maximum atomic E-state index is 11.9. The van der Waals surface area contributed by atoms with Gasteiger partial charge < -0.3 is 10.1 Å². The summed E-state index contributed by atoms with van der Waals surface area (Å²) in [6.07, 6.45) is 0. The Labute approximate surface area is 117 Å². The van der Waals surface area contributed by atoms with Crippen LogP contribution in [0.5, 0.6) is 5.75 Å². The third-order valence-electron chi connectivity index (χ3n) is 2.73. The Morgan fingerprint density at radius 3 is 2.47 bits per heavy atom. The molecule has 0 bridgehead atoms. The van der Waals surface area contributed by atoms with Crippen LogP contribution in [0.3, 0.4) is 0 Å². The first-order valence-corrected chi connectivity index (χ1v) is 6.24. The molecular weight excluding hydrogens is 262 g/mol. The van der Waals surface area contributed by atoms with Gasteiger partial charge >= 0.3 is 0 Å². The van der Waals surface area contributed by atoms with Crippen molar-refractivity contribution in [2.75, 3.05) is 7.11 Å². The van der Waals surface area contributed by atoms with Gasteiger partial charge in [0.1, 0.15) is 5.75 Å². The second-order valence-corrected chi connectivity index (χ2v) is 4.42. The van der Waals surface area contributed by atoms with Gasteiger partial charge in [0.15, 0.2) is 0 Å². The van der Waals surface area contributed by atoms with Crippen molar-refractivity contribution in [3.63, 3.8) is 0 Å². The molecule has 0 aliphatic rings. The Kier molecular flexibility index (Phi) is 4.42. The van der Waals surface area contributed by atoms with E-state index >= 15 is 0 Å². The molecule has 0 aliphatic heterocycles. The standard InChI is InChI=1S/C15H14ClNO2/c1-19-12-8-6-11(7-9-12)10-17-15(18)13-4-2-3-5-14(13)16/h2-9H,10H2,1H3,(H,17,18). The molecule has 0 aromatic heterocycles. The largest absolute Gasteiger partial charge is 0.497 e. The predicted molar refractivity (Wildman–Crippen MR) is 75.6 cm³/mol. The van der Waals surface area contributed by atoms with Crippen molar-refractivity contribution in [2.45, 2.75) is 6.54 Å². The lowest BCUT2D eigenvalue weighted by molar-refractivity contribution is 0.0951. The summed E-state index contributed by atoms with van der Waals surface area (Å²) in [5.41, 5.74) is 1.49. The molecule has 0 unspecified atom stereocenters. The summed E-state index contributed by atoms with van der Waals surface area (Å²) in [5, 5.41) is 3.28. The van der Waals surface area contributed by atoms with Crippen molar-refractivity contribution in [1.29, 1.82) is 0 Å². The zero-order valence-electron chi connectivity index (χ0n) is 10.5. The molecular formula is C15H14ClNO2. The smallest absolute Gasteiger partial charge is 0.253 e. The molecule has 1 N–H and O–H groups in total. The van der Waals surface area contributed by atoms with Crippen LogP contribution < -0.4 is 10.1 Å². The summed E-state index contributed by atoms with van der Waals surface area (Å²) in [7, 11) is 1.62. The van der Waals surface area contributed by atoms with E-state index in [1.54, 1.807) is 31.4 Å². The molecule has 98 valence electrons. The second-order valence-electron chi connectivity index (χ2n) is 4.01. The highest BCUT2D eigenvalue weighted by molar-refractivity contribution is 6.33. The van der Waals surface area contributed by atoms with Gasteiger partial charge in [0.2, 0.25) is 0 Å². The van der Waals surface area contributed by atoms with Gasteiger partial charge in [0.05, 0.1) is 17.7 Å². The number of rotatable bonds is 4. The number of benzene rings is 2. The highest BCUT2D eigenvalue weighted by atomic mass is 35.5.